The Morgan fingerprint density at radius 2 is 2.20 bits per heavy atom. The van der Waals surface area contributed by atoms with Crippen LogP contribution in [0.5, 0.6) is 0 Å². The van der Waals surface area contributed by atoms with E-state index in [0.29, 0.717) is 5.73 Å². The summed E-state index contributed by atoms with van der Waals surface area (Å²) >= 11 is 0. The molecule has 0 aromatic heterocycles. The smallest absolute Gasteiger partial charge is 0.126 e. The van der Waals surface area contributed by atoms with Gasteiger partial charge in [0.25, 0.3) is 0 Å². The minimum absolute atomic E-state index is 0.0886. The minimum Gasteiger partial charge on any atom is -0.381 e. The van der Waals surface area contributed by atoms with Crippen LogP contribution in [0.2, 0.25) is 0 Å². The highest BCUT2D eigenvalue weighted by Crippen LogP contribution is 2.11. The lowest BCUT2D eigenvalue weighted by atomic mass is 10.2. The molecule has 1 unspecified atom stereocenters. The number of rotatable bonds is 2. The van der Waals surface area contributed by atoms with E-state index in [1.807, 2.05) is 0 Å². The Hall–Kier alpha value is 0.137. The zero-order chi connectivity index (χ0) is 7.40. The van der Waals surface area contributed by atoms with Crippen LogP contribution in [-0.4, -0.2) is 40.7 Å². The van der Waals surface area contributed by atoms with Crippen molar-refractivity contribution < 1.29 is 4.74 Å². The van der Waals surface area contributed by atoms with E-state index in [1.165, 1.54) is 19.3 Å². The quantitative estimate of drug-likeness (QED) is 0.532. The molecule has 0 bridgehead atoms. The molecule has 0 spiro atoms. The van der Waals surface area contributed by atoms with Gasteiger partial charge in [-0.1, -0.05) is 0 Å². The summed E-state index contributed by atoms with van der Waals surface area (Å²) in [7, 11) is 4.23. The highest BCUT2D eigenvalue weighted by atomic mass is 28.2. The fourth-order valence-electron chi connectivity index (χ4n) is 1.36. The molecule has 0 radical (unpaired) electrons. The van der Waals surface area contributed by atoms with Gasteiger partial charge in [-0.15, -0.1) is 0 Å². The van der Waals surface area contributed by atoms with Crippen LogP contribution < -0.4 is 0 Å². The second kappa shape index (κ2) is 4.11. The Kier molecular flexibility index (Phi) is 3.38. The summed E-state index contributed by atoms with van der Waals surface area (Å²) in [5, 5.41) is 0. The van der Waals surface area contributed by atoms with Crippen LogP contribution in [0, 0.1) is 0 Å². The number of nitrogens with zero attached hydrogens (tertiary/aromatic N) is 1. The van der Waals surface area contributed by atoms with Crippen molar-refractivity contribution in [2.24, 2.45) is 0 Å². The molecule has 1 heterocycles. The lowest BCUT2D eigenvalue weighted by Crippen LogP contribution is -2.34. The summed E-state index contributed by atoms with van der Waals surface area (Å²) in [5.74, 6) is 0. The molecule has 1 atom stereocenters. The highest BCUT2D eigenvalue weighted by Gasteiger charge is 2.14. The van der Waals surface area contributed by atoms with Crippen LogP contribution in [0.4, 0.5) is 0 Å². The van der Waals surface area contributed by atoms with Crippen LogP contribution in [0.15, 0.2) is 0 Å². The molecule has 0 amide bonds. The van der Waals surface area contributed by atoms with Gasteiger partial charge in [0.1, 0.15) is 9.68 Å². The maximum absolute atomic E-state index is 5.61. The zero-order valence-corrected chi connectivity index (χ0v) is 8.38. The van der Waals surface area contributed by atoms with Crippen LogP contribution >= 0.6 is 0 Å². The van der Waals surface area contributed by atoms with Gasteiger partial charge in [0.2, 0.25) is 0 Å². The van der Waals surface area contributed by atoms with Gasteiger partial charge >= 0.3 is 0 Å². The molecule has 1 fully saturated rings. The average molecular weight is 159 g/mol. The molecule has 3 heteroatoms. The lowest BCUT2D eigenvalue weighted by Gasteiger charge is -2.24. The van der Waals surface area contributed by atoms with Gasteiger partial charge in [0.15, 0.2) is 0 Å². The Balaban J connectivity index is 2.13. The largest absolute Gasteiger partial charge is 0.381 e. The molecule has 1 saturated heterocycles. The molecule has 0 aliphatic carbocycles. The molecule has 0 aromatic carbocycles. The molecule has 0 saturated carbocycles. The van der Waals surface area contributed by atoms with Gasteiger partial charge in [-0.3, -0.25) is 0 Å². The standard InChI is InChI=1S/C7H17NOSi/c1-8(2)10-7-5-3-4-6-9-7/h7H,3-6,10H2,1-2H3. The van der Waals surface area contributed by atoms with Gasteiger partial charge in [-0.05, 0) is 33.4 Å². The summed E-state index contributed by atoms with van der Waals surface area (Å²) in [5.41, 5.74) is 0.642. The molecule has 2 nitrogen and oxygen atoms in total. The van der Waals surface area contributed by atoms with Crippen LogP contribution in [0.25, 0.3) is 0 Å². The summed E-state index contributed by atoms with van der Waals surface area (Å²) < 4.78 is 7.94. The second-order valence-corrected chi connectivity index (χ2v) is 5.79. The summed E-state index contributed by atoms with van der Waals surface area (Å²) in [6.45, 7) is 1.01. The van der Waals surface area contributed by atoms with Crippen molar-refractivity contribution in [2.45, 2.75) is 25.0 Å². The molecule has 1 aliphatic rings. The van der Waals surface area contributed by atoms with E-state index < -0.39 is 0 Å². The summed E-state index contributed by atoms with van der Waals surface area (Å²) in [6.07, 6.45) is 3.97. The van der Waals surface area contributed by atoms with E-state index in [2.05, 4.69) is 18.7 Å². The van der Waals surface area contributed by atoms with Gasteiger partial charge < -0.3 is 9.30 Å². The lowest BCUT2D eigenvalue weighted by molar-refractivity contribution is 0.0618. The van der Waals surface area contributed by atoms with Crippen molar-refractivity contribution >= 4 is 9.68 Å². The van der Waals surface area contributed by atoms with Crippen LogP contribution in [-0.2, 0) is 4.74 Å². The van der Waals surface area contributed by atoms with E-state index in [4.69, 9.17) is 4.74 Å². The number of ether oxygens (including phenoxy) is 1. The minimum atomic E-state index is -0.0886. The van der Waals surface area contributed by atoms with E-state index in [9.17, 15) is 0 Å². The SMILES string of the molecule is CN(C)[SiH2]C1CCCCO1. The molecule has 0 N–H and O–H groups in total. The van der Waals surface area contributed by atoms with Gasteiger partial charge in [-0.25, -0.2) is 0 Å². The maximum Gasteiger partial charge on any atom is 0.126 e. The molecular formula is C7H17NOSi. The number of hydrogen-bond donors (Lipinski definition) is 0. The fraction of sp³-hybridized carbons (Fsp3) is 1.00. The van der Waals surface area contributed by atoms with Crippen molar-refractivity contribution in [3.05, 3.63) is 0 Å². The van der Waals surface area contributed by atoms with Crippen molar-refractivity contribution in [3.8, 4) is 0 Å². The average Bonchev–Trinajstić information content (AvgIpc) is 1.88. The third-order valence-corrected chi connectivity index (χ3v) is 3.62. The molecule has 1 aliphatic heterocycles. The topological polar surface area (TPSA) is 12.5 Å². The van der Waals surface area contributed by atoms with Crippen molar-refractivity contribution in [2.75, 3.05) is 20.7 Å². The van der Waals surface area contributed by atoms with Crippen LogP contribution in [0.3, 0.4) is 0 Å². The van der Waals surface area contributed by atoms with Gasteiger partial charge in [-0.2, -0.15) is 0 Å². The van der Waals surface area contributed by atoms with E-state index in [-0.39, 0.29) is 9.68 Å². The first-order chi connectivity index (χ1) is 4.79. The first-order valence-corrected chi connectivity index (χ1v) is 5.50. The molecule has 10 heavy (non-hydrogen) atoms. The number of hydrogen-bond acceptors (Lipinski definition) is 2. The third kappa shape index (κ3) is 2.81. The Bertz CT molecular complexity index is 91.6. The summed E-state index contributed by atoms with van der Waals surface area (Å²) in [6, 6.07) is 0. The van der Waals surface area contributed by atoms with Crippen molar-refractivity contribution in [3.63, 3.8) is 0 Å². The molecule has 60 valence electrons. The molecule has 0 aromatic rings. The van der Waals surface area contributed by atoms with Gasteiger partial charge in [0, 0.05) is 6.61 Å². The fourth-order valence-corrected chi connectivity index (χ4v) is 2.92. The summed E-state index contributed by atoms with van der Waals surface area (Å²) in [4.78, 5) is 0. The van der Waals surface area contributed by atoms with Crippen LogP contribution in [0.1, 0.15) is 19.3 Å². The third-order valence-electron chi connectivity index (χ3n) is 1.84. The molecule has 1 rings (SSSR count). The first kappa shape index (κ1) is 8.24. The van der Waals surface area contributed by atoms with Gasteiger partial charge in [0.05, 0.1) is 5.73 Å². The van der Waals surface area contributed by atoms with Crippen molar-refractivity contribution in [1.29, 1.82) is 0 Å². The maximum atomic E-state index is 5.61. The predicted octanol–water partition coefficient (Wildman–Crippen LogP) is 0.158. The Morgan fingerprint density at radius 1 is 1.40 bits per heavy atom. The van der Waals surface area contributed by atoms with Crippen molar-refractivity contribution in [1.82, 2.24) is 4.57 Å². The Labute approximate surface area is 65.5 Å². The van der Waals surface area contributed by atoms with E-state index in [1.54, 1.807) is 0 Å². The van der Waals surface area contributed by atoms with E-state index in [0.717, 1.165) is 6.61 Å². The van der Waals surface area contributed by atoms with E-state index >= 15 is 0 Å². The monoisotopic (exact) mass is 159 g/mol. The second-order valence-electron chi connectivity index (χ2n) is 3.25. The molecular weight excluding hydrogens is 142 g/mol. The normalized spacial score (nSPS) is 28.5. The highest BCUT2D eigenvalue weighted by molar-refractivity contribution is 6.33. The zero-order valence-electron chi connectivity index (χ0n) is 6.97. The predicted molar refractivity (Wildman–Crippen MR) is 45.8 cm³/mol. The first-order valence-electron chi connectivity index (χ1n) is 4.05. The Morgan fingerprint density at radius 3 is 2.70 bits per heavy atom.